The van der Waals surface area contributed by atoms with Gasteiger partial charge in [-0.25, -0.2) is 4.39 Å². The van der Waals surface area contributed by atoms with E-state index in [1.54, 1.807) is 23.1 Å². The van der Waals surface area contributed by atoms with Crippen molar-refractivity contribution in [3.05, 3.63) is 118 Å². The van der Waals surface area contributed by atoms with Gasteiger partial charge < -0.3 is 10.1 Å². The van der Waals surface area contributed by atoms with Gasteiger partial charge in [-0.1, -0.05) is 52.3 Å². The Hall–Kier alpha value is -3.64. The Labute approximate surface area is 193 Å². The summed E-state index contributed by atoms with van der Waals surface area (Å²) in [5, 5.41) is 3.44. The molecule has 0 aromatic heterocycles. The third kappa shape index (κ3) is 3.97. The minimum Gasteiger partial charge on any atom is -0.457 e. The Bertz CT molecular complexity index is 1300. The van der Waals surface area contributed by atoms with Crippen molar-refractivity contribution >= 4 is 33.2 Å². The first kappa shape index (κ1) is 20.3. The van der Waals surface area contributed by atoms with Crippen LogP contribution in [0.1, 0.15) is 22.1 Å². The Balaban J connectivity index is 1.58. The highest BCUT2D eigenvalue weighted by Gasteiger charge is 2.34. The maximum atomic E-state index is 14.1. The van der Waals surface area contributed by atoms with E-state index in [1.165, 1.54) is 12.1 Å². The van der Waals surface area contributed by atoms with Gasteiger partial charge in [0.2, 0.25) is 0 Å². The molecule has 1 atom stereocenters. The number of halogens is 2. The molecule has 0 radical (unpaired) electrons. The molecule has 0 aliphatic carbocycles. The zero-order chi connectivity index (χ0) is 22.1. The smallest absolute Gasteiger partial charge is 0.262 e. The zero-order valence-corrected chi connectivity index (χ0v) is 18.4. The molecule has 0 bridgehead atoms. The highest BCUT2D eigenvalue weighted by molar-refractivity contribution is 9.10. The predicted molar refractivity (Wildman–Crippen MR) is 127 cm³/mol. The topological polar surface area (TPSA) is 41.6 Å². The monoisotopic (exact) mass is 488 g/mol. The van der Waals surface area contributed by atoms with Crippen molar-refractivity contribution in [2.45, 2.75) is 6.17 Å². The predicted octanol–water partition coefficient (Wildman–Crippen LogP) is 7.15. The minimum atomic E-state index is -0.544. The van der Waals surface area contributed by atoms with Crippen LogP contribution in [0.2, 0.25) is 0 Å². The molecule has 0 fully saturated rings. The van der Waals surface area contributed by atoms with E-state index in [0.29, 0.717) is 22.7 Å². The Morgan fingerprint density at radius 2 is 1.62 bits per heavy atom. The molecular formula is C26H18BrFN2O2. The molecule has 0 saturated carbocycles. The van der Waals surface area contributed by atoms with Crippen molar-refractivity contribution in [1.29, 1.82) is 0 Å². The fourth-order valence-electron chi connectivity index (χ4n) is 3.78. The highest BCUT2D eigenvalue weighted by atomic mass is 79.9. The quantitative estimate of drug-likeness (QED) is 0.331. The minimum absolute atomic E-state index is 0.218. The first-order chi connectivity index (χ1) is 15.6. The summed E-state index contributed by atoms with van der Waals surface area (Å²) in [4.78, 5) is 15.1. The van der Waals surface area contributed by atoms with E-state index >= 15 is 0 Å². The van der Waals surface area contributed by atoms with Crippen LogP contribution >= 0.6 is 15.9 Å². The van der Waals surface area contributed by atoms with Crippen LogP contribution in [0.4, 0.5) is 15.8 Å². The SMILES string of the molecule is O=C1c2cc(Br)ccc2NC(c2cccc(Oc3ccccc3)c2)N1c1cccc(F)c1. The molecule has 4 aromatic carbocycles. The Morgan fingerprint density at radius 3 is 2.44 bits per heavy atom. The molecular weight excluding hydrogens is 471 g/mol. The van der Waals surface area contributed by atoms with Crippen molar-refractivity contribution in [3.63, 3.8) is 0 Å². The van der Waals surface area contributed by atoms with E-state index in [-0.39, 0.29) is 5.91 Å². The maximum absolute atomic E-state index is 14.1. The van der Waals surface area contributed by atoms with Crippen LogP contribution in [-0.4, -0.2) is 5.91 Å². The van der Waals surface area contributed by atoms with Gasteiger partial charge >= 0.3 is 0 Å². The molecule has 4 nitrogen and oxygen atoms in total. The molecule has 158 valence electrons. The number of rotatable bonds is 4. The fourth-order valence-corrected chi connectivity index (χ4v) is 4.14. The molecule has 4 aromatic rings. The van der Waals surface area contributed by atoms with Gasteiger partial charge in [-0.2, -0.15) is 0 Å². The summed E-state index contributed by atoms with van der Waals surface area (Å²) in [5.41, 5.74) is 2.50. The van der Waals surface area contributed by atoms with Crippen LogP contribution in [-0.2, 0) is 0 Å². The molecule has 0 saturated heterocycles. The number of hydrogen-bond acceptors (Lipinski definition) is 3. The lowest BCUT2D eigenvalue weighted by molar-refractivity contribution is 0.0974. The maximum Gasteiger partial charge on any atom is 0.262 e. The van der Waals surface area contributed by atoms with E-state index in [9.17, 15) is 9.18 Å². The van der Waals surface area contributed by atoms with Gasteiger partial charge in [-0.05, 0) is 66.2 Å². The summed E-state index contributed by atoms with van der Waals surface area (Å²) in [7, 11) is 0. The fraction of sp³-hybridized carbons (Fsp3) is 0.0385. The van der Waals surface area contributed by atoms with E-state index in [0.717, 1.165) is 15.8 Å². The molecule has 1 aliphatic heterocycles. The van der Waals surface area contributed by atoms with Crippen LogP contribution in [0.5, 0.6) is 11.5 Å². The highest BCUT2D eigenvalue weighted by Crippen LogP contribution is 2.38. The molecule has 5 rings (SSSR count). The third-order valence-electron chi connectivity index (χ3n) is 5.22. The van der Waals surface area contributed by atoms with Gasteiger partial charge in [0.1, 0.15) is 23.5 Å². The number of anilines is 2. The molecule has 1 aliphatic rings. The number of hydrogen-bond donors (Lipinski definition) is 1. The van der Waals surface area contributed by atoms with Crippen molar-refractivity contribution in [2.24, 2.45) is 0 Å². The normalized spacial score (nSPS) is 15.1. The number of nitrogens with zero attached hydrogens (tertiary/aromatic N) is 1. The zero-order valence-electron chi connectivity index (χ0n) is 16.8. The number of fused-ring (bicyclic) bond motifs is 1. The van der Waals surface area contributed by atoms with E-state index in [1.807, 2.05) is 66.7 Å². The second-order valence-electron chi connectivity index (χ2n) is 7.38. The van der Waals surface area contributed by atoms with Crippen LogP contribution in [0, 0.1) is 5.82 Å². The lowest BCUT2D eigenvalue weighted by Gasteiger charge is -2.38. The molecule has 6 heteroatoms. The Kier molecular flexibility index (Phi) is 5.37. The van der Waals surface area contributed by atoms with E-state index in [4.69, 9.17) is 4.74 Å². The first-order valence-electron chi connectivity index (χ1n) is 10.1. The van der Waals surface area contributed by atoms with Crippen LogP contribution < -0.4 is 15.0 Å². The van der Waals surface area contributed by atoms with Crippen molar-refractivity contribution in [1.82, 2.24) is 0 Å². The number of nitrogens with one attached hydrogen (secondary N) is 1. The van der Waals surface area contributed by atoms with Gasteiger partial charge in [-0.15, -0.1) is 0 Å². The molecule has 0 spiro atoms. The second kappa shape index (κ2) is 8.48. The van der Waals surface area contributed by atoms with Gasteiger partial charge in [0.15, 0.2) is 0 Å². The summed E-state index contributed by atoms with van der Waals surface area (Å²) in [6.45, 7) is 0. The number of carbonyl (C=O) groups excluding carboxylic acids is 1. The summed E-state index contributed by atoms with van der Waals surface area (Å²) >= 11 is 3.43. The van der Waals surface area contributed by atoms with Gasteiger partial charge in [0.05, 0.1) is 5.56 Å². The van der Waals surface area contributed by atoms with E-state index < -0.39 is 12.0 Å². The first-order valence-corrected chi connectivity index (χ1v) is 10.9. The molecule has 32 heavy (non-hydrogen) atoms. The van der Waals surface area contributed by atoms with Gasteiger partial charge in [0, 0.05) is 15.8 Å². The van der Waals surface area contributed by atoms with Crippen molar-refractivity contribution in [2.75, 3.05) is 10.2 Å². The largest absolute Gasteiger partial charge is 0.457 e. The number of para-hydroxylation sites is 1. The van der Waals surface area contributed by atoms with Crippen LogP contribution in [0.3, 0.4) is 0 Å². The number of amides is 1. The van der Waals surface area contributed by atoms with Gasteiger partial charge in [0.25, 0.3) is 5.91 Å². The molecule has 1 heterocycles. The molecule has 1 N–H and O–H groups in total. The third-order valence-corrected chi connectivity index (χ3v) is 5.71. The summed E-state index contributed by atoms with van der Waals surface area (Å²) in [6.07, 6.45) is -0.544. The Morgan fingerprint density at radius 1 is 0.844 bits per heavy atom. The molecule has 1 unspecified atom stereocenters. The van der Waals surface area contributed by atoms with Crippen LogP contribution in [0.25, 0.3) is 0 Å². The molecule has 1 amide bonds. The summed E-state index contributed by atoms with van der Waals surface area (Å²) in [6, 6.07) is 28.6. The summed E-state index contributed by atoms with van der Waals surface area (Å²) in [5.74, 6) is 0.735. The number of carbonyl (C=O) groups is 1. The van der Waals surface area contributed by atoms with Crippen molar-refractivity contribution < 1.29 is 13.9 Å². The average Bonchev–Trinajstić information content (AvgIpc) is 2.80. The standard InChI is InChI=1S/C26H18BrFN2O2/c27-18-12-13-24-23(15-18)26(31)30(20-8-5-7-19(28)16-20)25(29-24)17-6-4-11-22(14-17)32-21-9-2-1-3-10-21/h1-16,25,29H. The number of benzene rings is 4. The van der Waals surface area contributed by atoms with Crippen molar-refractivity contribution in [3.8, 4) is 11.5 Å². The average molecular weight is 489 g/mol. The lowest BCUT2D eigenvalue weighted by atomic mass is 10.0. The summed E-state index contributed by atoms with van der Waals surface area (Å²) < 4.78 is 20.8. The van der Waals surface area contributed by atoms with Gasteiger partial charge in [-0.3, -0.25) is 9.69 Å². The second-order valence-corrected chi connectivity index (χ2v) is 8.30. The number of ether oxygens (including phenoxy) is 1. The van der Waals surface area contributed by atoms with Crippen LogP contribution in [0.15, 0.2) is 102 Å². The van der Waals surface area contributed by atoms with E-state index in [2.05, 4.69) is 21.2 Å². The lowest BCUT2D eigenvalue weighted by Crippen LogP contribution is -2.43.